The van der Waals surface area contributed by atoms with E-state index in [9.17, 15) is 9.59 Å². The summed E-state index contributed by atoms with van der Waals surface area (Å²) in [7, 11) is 0. The van der Waals surface area contributed by atoms with Gasteiger partial charge in [-0.15, -0.1) is 0 Å². The molecule has 0 rings (SSSR count). The number of unbranched alkanes of at least 4 members (excludes halogenated alkanes) is 4. The van der Waals surface area contributed by atoms with Crippen LogP contribution in [0.15, 0.2) is 0 Å². The molecular formula is C12H23NO4. The van der Waals surface area contributed by atoms with Gasteiger partial charge in [0.2, 0.25) is 0 Å². The highest BCUT2D eigenvalue weighted by molar-refractivity contribution is 5.87. The zero-order chi connectivity index (χ0) is 12.9. The topological polar surface area (TPSA) is 64.6 Å². The SMILES string of the molecule is CCCCCOC(=O)NC(=O)OCCCCC. The van der Waals surface area contributed by atoms with Gasteiger partial charge in [-0.2, -0.15) is 0 Å². The lowest BCUT2D eigenvalue weighted by Gasteiger charge is -2.06. The van der Waals surface area contributed by atoms with Crippen LogP contribution in [0.25, 0.3) is 0 Å². The first-order valence-corrected chi connectivity index (χ1v) is 6.31. The Hall–Kier alpha value is -1.26. The van der Waals surface area contributed by atoms with E-state index in [2.05, 4.69) is 13.8 Å². The first-order valence-electron chi connectivity index (χ1n) is 6.31. The lowest BCUT2D eigenvalue weighted by atomic mass is 10.3. The van der Waals surface area contributed by atoms with Crippen LogP contribution in [0.5, 0.6) is 0 Å². The van der Waals surface area contributed by atoms with Crippen molar-refractivity contribution in [3.63, 3.8) is 0 Å². The van der Waals surface area contributed by atoms with Gasteiger partial charge in [-0.25, -0.2) is 14.9 Å². The minimum absolute atomic E-state index is 0.336. The van der Waals surface area contributed by atoms with E-state index in [1.54, 1.807) is 0 Å². The van der Waals surface area contributed by atoms with Crippen LogP contribution in [-0.2, 0) is 9.47 Å². The van der Waals surface area contributed by atoms with E-state index in [1.165, 1.54) is 0 Å². The molecule has 5 heteroatoms. The van der Waals surface area contributed by atoms with Crippen molar-refractivity contribution in [1.29, 1.82) is 0 Å². The number of ether oxygens (including phenoxy) is 2. The molecule has 0 aliphatic rings. The number of imide groups is 1. The van der Waals surface area contributed by atoms with Crippen molar-refractivity contribution in [3.05, 3.63) is 0 Å². The van der Waals surface area contributed by atoms with Gasteiger partial charge in [-0.05, 0) is 12.8 Å². The molecule has 0 aromatic rings. The number of carbonyl (C=O) groups excluding carboxylic acids is 2. The highest BCUT2D eigenvalue weighted by Crippen LogP contribution is 1.96. The minimum atomic E-state index is -0.735. The van der Waals surface area contributed by atoms with Crippen LogP contribution in [0.4, 0.5) is 9.59 Å². The van der Waals surface area contributed by atoms with Gasteiger partial charge in [-0.3, -0.25) is 0 Å². The molecule has 0 fully saturated rings. The lowest BCUT2D eigenvalue weighted by Crippen LogP contribution is -2.32. The maximum absolute atomic E-state index is 11.1. The van der Waals surface area contributed by atoms with Crippen molar-refractivity contribution in [3.8, 4) is 0 Å². The third kappa shape index (κ3) is 11.0. The number of rotatable bonds is 8. The van der Waals surface area contributed by atoms with Gasteiger partial charge >= 0.3 is 12.2 Å². The summed E-state index contributed by atoms with van der Waals surface area (Å²) in [6.07, 6.45) is 4.30. The molecule has 2 amide bonds. The fourth-order valence-corrected chi connectivity index (χ4v) is 1.19. The summed E-state index contributed by atoms with van der Waals surface area (Å²) in [6.45, 7) is 4.80. The highest BCUT2D eigenvalue weighted by Gasteiger charge is 2.08. The van der Waals surface area contributed by atoms with Crippen molar-refractivity contribution in [2.45, 2.75) is 52.4 Å². The first kappa shape index (κ1) is 15.7. The maximum Gasteiger partial charge on any atom is 0.416 e. The Morgan fingerprint density at radius 2 is 1.24 bits per heavy atom. The predicted octanol–water partition coefficient (Wildman–Crippen LogP) is 3.23. The molecule has 17 heavy (non-hydrogen) atoms. The summed E-state index contributed by atoms with van der Waals surface area (Å²) in [5.74, 6) is 0. The van der Waals surface area contributed by atoms with Crippen molar-refractivity contribution >= 4 is 12.2 Å². The van der Waals surface area contributed by atoms with Crippen LogP contribution < -0.4 is 5.32 Å². The minimum Gasteiger partial charge on any atom is -0.449 e. The number of carbonyl (C=O) groups is 2. The molecule has 0 aliphatic heterocycles. The normalized spacial score (nSPS) is 9.76. The van der Waals surface area contributed by atoms with Gasteiger partial charge in [0.15, 0.2) is 0 Å². The lowest BCUT2D eigenvalue weighted by molar-refractivity contribution is 0.122. The van der Waals surface area contributed by atoms with E-state index >= 15 is 0 Å². The summed E-state index contributed by atoms with van der Waals surface area (Å²) >= 11 is 0. The Morgan fingerprint density at radius 3 is 1.59 bits per heavy atom. The summed E-state index contributed by atoms with van der Waals surface area (Å²) in [4.78, 5) is 22.1. The standard InChI is InChI=1S/C12H23NO4/c1-3-5-7-9-16-11(14)13-12(15)17-10-8-6-4-2/h3-10H2,1-2H3,(H,13,14,15). The van der Waals surface area contributed by atoms with Crippen LogP contribution in [0.3, 0.4) is 0 Å². The number of nitrogens with one attached hydrogen (secondary N) is 1. The second kappa shape index (κ2) is 11.2. The second-order valence-electron chi connectivity index (χ2n) is 3.81. The van der Waals surface area contributed by atoms with Gasteiger partial charge in [-0.1, -0.05) is 39.5 Å². The van der Waals surface area contributed by atoms with Crippen molar-refractivity contribution in [2.24, 2.45) is 0 Å². The molecule has 0 saturated carbocycles. The largest absolute Gasteiger partial charge is 0.449 e. The number of hydrogen-bond donors (Lipinski definition) is 1. The van der Waals surface area contributed by atoms with Crippen LogP contribution in [0, 0.1) is 0 Å². The molecule has 0 aromatic heterocycles. The highest BCUT2D eigenvalue weighted by atomic mass is 16.6. The molecule has 5 nitrogen and oxygen atoms in total. The Balaban J connectivity index is 3.42. The van der Waals surface area contributed by atoms with E-state index in [-0.39, 0.29) is 0 Å². The Labute approximate surface area is 103 Å². The summed E-state index contributed by atoms with van der Waals surface area (Å²) in [5.41, 5.74) is 0. The Morgan fingerprint density at radius 1 is 0.824 bits per heavy atom. The molecule has 0 heterocycles. The summed E-state index contributed by atoms with van der Waals surface area (Å²) in [5, 5.41) is 2.01. The monoisotopic (exact) mass is 245 g/mol. The van der Waals surface area contributed by atoms with Crippen LogP contribution in [-0.4, -0.2) is 25.4 Å². The molecule has 0 atom stereocenters. The molecular weight excluding hydrogens is 222 g/mol. The number of alkyl carbamates (subject to hydrolysis) is 2. The average Bonchev–Trinajstić information content (AvgIpc) is 2.30. The Kier molecular flexibility index (Phi) is 10.4. The second-order valence-corrected chi connectivity index (χ2v) is 3.81. The molecule has 100 valence electrons. The molecule has 0 radical (unpaired) electrons. The third-order valence-corrected chi connectivity index (χ3v) is 2.17. The van der Waals surface area contributed by atoms with E-state index in [4.69, 9.17) is 9.47 Å². The molecule has 1 N–H and O–H groups in total. The molecule has 0 spiro atoms. The molecule has 0 saturated heterocycles. The van der Waals surface area contributed by atoms with E-state index in [0.29, 0.717) is 13.2 Å². The van der Waals surface area contributed by atoms with Crippen molar-refractivity contribution in [1.82, 2.24) is 5.32 Å². The molecule has 0 aromatic carbocycles. The number of amides is 2. The van der Waals surface area contributed by atoms with Crippen molar-refractivity contribution < 1.29 is 19.1 Å². The zero-order valence-electron chi connectivity index (χ0n) is 10.8. The first-order chi connectivity index (χ1) is 8.20. The maximum atomic E-state index is 11.1. The van der Waals surface area contributed by atoms with Gasteiger partial charge in [0.25, 0.3) is 0 Å². The van der Waals surface area contributed by atoms with Crippen LogP contribution >= 0.6 is 0 Å². The van der Waals surface area contributed by atoms with Crippen molar-refractivity contribution in [2.75, 3.05) is 13.2 Å². The van der Waals surface area contributed by atoms with Gasteiger partial charge in [0, 0.05) is 0 Å². The smallest absolute Gasteiger partial charge is 0.416 e. The predicted molar refractivity (Wildman–Crippen MR) is 64.9 cm³/mol. The van der Waals surface area contributed by atoms with E-state index < -0.39 is 12.2 Å². The Bertz CT molecular complexity index is 197. The van der Waals surface area contributed by atoms with Gasteiger partial charge < -0.3 is 9.47 Å². The number of hydrogen-bond acceptors (Lipinski definition) is 4. The quantitative estimate of drug-likeness (QED) is 0.667. The average molecular weight is 245 g/mol. The zero-order valence-corrected chi connectivity index (χ0v) is 10.8. The summed E-state index contributed by atoms with van der Waals surface area (Å²) < 4.78 is 9.58. The van der Waals surface area contributed by atoms with Crippen LogP contribution in [0.1, 0.15) is 52.4 Å². The third-order valence-electron chi connectivity index (χ3n) is 2.17. The fraction of sp³-hybridized carbons (Fsp3) is 0.833. The van der Waals surface area contributed by atoms with Crippen LogP contribution in [0.2, 0.25) is 0 Å². The van der Waals surface area contributed by atoms with Gasteiger partial charge in [0.1, 0.15) is 0 Å². The van der Waals surface area contributed by atoms with E-state index in [1.807, 2.05) is 5.32 Å². The van der Waals surface area contributed by atoms with Gasteiger partial charge in [0.05, 0.1) is 13.2 Å². The molecule has 0 bridgehead atoms. The fourth-order valence-electron chi connectivity index (χ4n) is 1.19. The molecule has 0 aliphatic carbocycles. The van der Waals surface area contributed by atoms with E-state index in [0.717, 1.165) is 38.5 Å². The molecule has 0 unspecified atom stereocenters. The summed E-state index contributed by atoms with van der Waals surface area (Å²) in [6, 6.07) is 0.